The molecule has 0 saturated carbocycles. The van der Waals surface area contributed by atoms with Gasteiger partial charge in [-0.1, -0.05) is 29.8 Å². The molecule has 0 atom stereocenters. The van der Waals surface area contributed by atoms with Gasteiger partial charge in [0.2, 0.25) is 0 Å². The first-order chi connectivity index (χ1) is 10.6. The van der Waals surface area contributed by atoms with Crippen molar-refractivity contribution in [3.8, 4) is 0 Å². The van der Waals surface area contributed by atoms with Crippen LogP contribution in [0.4, 0.5) is 21.9 Å². The molecule has 22 heavy (non-hydrogen) atoms. The van der Waals surface area contributed by atoms with Crippen LogP contribution in [0.2, 0.25) is 0 Å². The van der Waals surface area contributed by atoms with Crippen molar-refractivity contribution in [2.45, 2.75) is 20.4 Å². The monoisotopic (exact) mass is 299 g/mol. The fourth-order valence-electron chi connectivity index (χ4n) is 2.09. The Morgan fingerprint density at radius 3 is 2.73 bits per heavy atom. The Morgan fingerprint density at radius 2 is 2.05 bits per heavy atom. The molecule has 5 heteroatoms. The summed E-state index contributed by atoms with van der Waals surface area (Å²) in [6.45, 7) is 4.85. The van der Waals surface area contributed by atoms with Crippen LogP contribution < -0.4 is 16.4 Å². The number of nitrogens with one attached hydrogen (secondary N) is 2. The molecule has 2 aromatic carbocycles. The Bertz CT molecular complexity index is 656. The molecule has 116 valence electrons. The molecule has 0 aliphatic rings. The van der Waals surface area contributed by atoms with E-state index < -0.39 is 6.09 Å². The first-order valence-corrected chi connectivity index (χ1v) is 7.21. The maximum Gasteiger partial charge on any atom is 0.411 e. The SMILES string of the molecule is CCOC(=O)Nc1ccc(NCc2cccc(C)c2)cc1N. The fourth-order valence-corrected chi connectivity index (χ4v) is 2.09. The lowest BCUT2D eigenvalue weighted by atomic mass is 10.1. The van der Waals surface area contributed by atoms with Crippen LogP contribution in [0, 0.1) is 6.92 Å². The third-order valence-corrected chi connectivity index (χ3v) is 3.14. The number of amides is 1. The zero-order valence-corrected chi connectivity index (χ0v) is 12.8. The number of nitrogens with two attached hydrogens (primary N) is 1. The second-order valence-corrected chi connectivity index (χ2v) is 4.99. The van der Waals surface area contributed by atoms with Crippen molar-refractivity contribution in [1.82, 2.24) is 0 Å². The van der Waals surface area contributed by atoms with Crippen molar-refractivity contribution < 1.29 is 9.53 Å². The summed E-state index contributed by atoms with van der Waals surface area (Å²) in [6.07, 6.45) is -0.505. The molecule has 0 spiro atoms. The van der Waals surface area contributed by atoms with Crippen molar-refractivity contribution >= 4 is 23.2 Å². The Kier molecular flexibility index (Phi) is 5.25. The van der Waals surface area contributed by atoms with Crippen molar-refractivity contribution in [3.05, 3.63) is 53.6 Å². The second kappa shape index (κ2) is 7.36. The topological polar surface area (TPSA) is 76.4 Å². The number of anilines is 3. The number of benzene rings is 2. The molecule has 0 aliphatic heterocycles. The van der Waals surface area contributed by atoms with Gasteiger partial charge in [0.25, 0.3) is 0 Å². The smallest absolute Gasteiger partial charge is 0.411 e. The van der Waals surface area contributed by atoms with E-state index in [-0.39, 0.29) is 0 Å². The van der Waals surface area contributed by atoms with Gasteiger partial charge in [0.1, 0.15) is 0 Å². The van der Waals surface area contributed by atoms with Crippen molar-refractivity contribution in [1.29, 1.82) is 0 Å². The van der Waals surface area contributed by atoms with E-state index in [1.165, 1.54) is 11.1 Å². The Labute approximate surface area is 130 Å². The highest BCUT2D eigenvalue weighted by Crippen LogP contribution is 2.23. The molecular weight excluding hydrogens is 278 g/mol. The molecule has 2 rings (SSSR count). The highest BCUT2D eigenvalue weighted by Gasteiger charge is 2.06. The van der Waals surface area contributed by atoms with Gasteiger partial charge in [0.15, 0.2) is 0 Å². The van der Waals surface area contributed by atoms with Gasteiger partial charge in [-0.15, -0.1) is 0 Å². The van der Waals surface area contributed by atoms with Crippen molar-refractivity contribution in [2.75, 3.05) is 23.0 Å². The maximum absolute atomic E-state index is 11.4. The number of ether oxygens (including phenoxy) is 1. The Hall–Kier alpha value is -2.69. The summed E-state index contributed by atoms with van der Waals surface area (Å²) in [5.41, 5.74) is 10.3. The summed E-state index contributed by atoms with van der Waals surface area (Å²) in [6, 6.07) is 13.7. The molecule has 0 bridgehead atoms. The van der Waals surface area contributed by atoms with Crippen LogP contribution in [0.1, 0.15) is 18.1 Å². The minimum atomic E-state index is -0.505. The van der Waals surface area contributed by atoms with Crippen LogP contribution >= 0.6 is 0 Å². The molecule has 5 nitrogen and oxygen atoms in total. The minimum absolute atomic E-state index is 0.321. The van der Waals surface area contributed by atoms with Crippen molar-refractivity contribution in [3.63, 3.8) is 0 Å². The predicted octanol–water partition coefficient (Wildman–Crippen LogP) is 3.76. The van der Waals surface area contributed by atoms with Crippen LogP contribution in [-0.2, 0) is 11.3 Å². The quantitative estimate of drug-likeness (QED) is 0.735. The van der Waals surface area contributed by atoms with Gasteiger partial charge in [-0.25, -0.2) is 4.79 Å². The number of nitrogen functional groups attached to an aromatic ring is 1. The lowest BCUT2D eigenvalue weighted by molar-refractivity contribution is 0.168. The second-order valence-electron chi connectivity index (χ2n) is 4.99. The van der Waals surface area contributed by atoms with Crippen LogP contribution in [0.15, 0.2) is 42.5 Å². The number of carbonyl (C=O) groups excluding carboxylic acids is 1. The van der Waals surface area contributed by atoms with Gasteiger partial charge in [-0.05, 0) is 37.6 Å². The van der Waals surface area contributed by atoms with E-state index in [2.05, 4.69) is 35.8 Å². The number of hydrogen-bond donors (Lipinski definition) is 3. The molecule has 0 saturated heterocycles. The Balaban J connectivity index is 1.98. The zero-order chi connectivity index (χ0) is 15.9. The average Bonchev–Trinajstić information content (AvgIpc) is 2.48. The molecule has 2 aromatic rings. The van der Waals surface area contributed by atoms with Crippen molar-refractivity contribution in [2.24, 2.45) is 0 Å². The first-order valence-electron chi connectivity index (χ1n) is 7.21. The van der Waals surface area contributed by atoms with Crippen LogP contribution in [0.5, 0.6) is 0 Å². The van der Waals surface area contributed by atoms with Gasteiger partial charge in [-0.2, -0.15) is 0 Å². The molecular formula is C17H21N3O2. The van der Waals surface area contributed by atoms with Gasteiger partial charge >= 0.3 is 6.09 Å². The molecule has 4 N–H and O–H groups in total. The highest BCUT2D eigenvalue weighted by atomic mass is 16.5. The van der Waals surface area contributed by atoms with Crippen LogP contribution in [0.25, 0.3) is 0 Å². The largest absolute Gasteiger partial charge is 0.450 e. The summed E-state index contributed by atoms with van der Waals surface area (Å²) < 4.78 is 4.83. The molecule has 1 amide bonds. The van der Waals surface area contributed by atoms with E-state index in [4.69, 9.17) is 10.5 Å². The number of carbonyl (C=O) groups is 1. The lowest BCUT2D eigenvalue weighted by Gasteiger charge is -2.11. The summed E-state index contributed by atoms with van der Waals surface area (Å²) in [7, 11) is 0. The van der Waals surface area contributed by atoms with E-state index in [0.717, 1.165) is 5.69 Å². The van der Waals surface area contributed by atoms with Crippen LogP contribution in [-0.4, -0.2) is 12.7 Å². The minimum Gasteiger partial charge on any atom is -0.450 e. The summed E-state index contributed by atoms with van der Waals surface area (Å²) >= 11 is 0. The van der Waals surface area contributed by atoms with E-state index in [1.54, 1.807) is 19.1 Å². The third-order valence-electron chi connectivity index (χ3n) is 3.14. The highest BCUT2D eigenvalue weighted by molar-refractivity contribution is 5.89. The molecule has 0 radical (unpaired) electrons. The van der Waals surface area contributed by atoms with Gasteiger partial charge in [-0.3, -0.25) is 5.32 Å². The number of aryl methyl sites for hydroxylation is 1. The summed E-state index contributed by atoms with van der Waals surface area (Å²) in [5.74, 6) is 0. The summed E-state index contributed by atoms with van der Waals surface area (Å²) in [4.78, 5) is 11.4. The molecule has 0 unspecified atom stereocenters. The fraction of sp³-hybridized carbons (Fsp3) is 0.235. The van der Waals surface area contributed by atoms with Gasteiger partial charge in [0.05, 0.1) is 18.0 Å². The van der Waals surface area contributed by atoms with E-state index >= 15 is 0 Å². The van der Waals surface area contributed by atoms with E-state index in [0.29, 0.717) is 24.5 Å². The summed E-state index contributed by atoms with van der Waals surface area (Å²) in [5, 5.41) is 5.92. The van der Waals surface area contributed by atoms with E-state index in [1.807, 2.05) is 12.1 Å². The number of rotatable bonds is 5. The third kappa shape index (κ3) is 4.41. The normalized spacial score (nSPS) is 10.1. The first kappa shape index (κ1) is 15.7. The zero-order valence-electron chi connectivity index (χ0n) is 12.8. The van der Waals surface area contributed by atoms with Gasteiger partial charge in [0, 0.05) is 12.2 Å². The Morgan fingerprint density at radius 1 is 1.23 bits per heavy atom. The standard InChI is InChI=1S/C17H21N3O2/c1-3-22-17(21)20-16-8-7-14(10-15(16)18)19-11-13-6-4-5-12(2)9-13/h4-10,19H,3,11,18H2,1-2H3,(H,20,21). The predicted molar refractivity (Wildman–Crippen MR) is 90.0 cm³/mol. The van der Waals surface area contributed by atoms with E-state index in [9.17, 15) is 4.79 Å². The maximum atomic E-state index is 11.4. The number of hydrogen-bond acceptors (Lipinski definition) is 4. The molecule has 0 fully saturated rings. The molecule has 0 aromatic heterocycles. The van der Waals surface area contributed by atoms with Crippen LogP contribution in [0.3, 0.4) is 0 Å². The average molecular weight is 299 g/mol. The molecule has 0 aliphatic carbocycles. The lowest BCUT2D eigenvalue weighted by Crippen LogP contribution is -2.14. The molecule has 0 heterocycles. The van der Waals surface area contributed by atoms with Gasteiger partial charge < -0.3 is 15.8 Å².